The molecule has 0 saturated carbocycles. The Morgan fingerprint density at radius 3 is 2.38 bits per heavy atom. The molecule has 0 aliphatic rings. The van der Waals surface area contributed by atoms with Gasteiger partial charge in [-0.1, -0.05) is 0 Å². The first-order chi connectivity index (χ1) is 12.5. The van der Waals surface area contributed by atoms with Crippen molar-refractivity contribution in [3.63, 3.8) is 0 Å². The van der Waals surface area contributed by atoms with Crippen molar-refractivity contribution in [2.75, 3.05) is 27.3 Å². The first-order valence-electron chi connectivity index (χ1n) is 8.05. The standard InChI is InChI=1S/C19H21FN2O4/c1-25-16-7-8-17(26-2)14(11-16)9-10-21-18(23)12-22-19(24)13-3-5-15(20)6-4-13/h3-8,11H,9-10,12H2,1-2H3,(H,21,23)(H,22,24). The van der Waals surface area contributed by atoms with Gasteiger partial charge in [-0.2, -0.15) is 0 Å². The lowest BCUT2D eigenvalue weighted by molar-refractivity contribution is -0.120. The van der Waals surface area contributed by atoms with Crippen LogP contribution in [0.4, 0.5) is 4.39 Å². The summed E-state index contributed by atoms with van der Waals surface area (Å²) in [4.78, 5) is 23.7. The van der Waals surface area contributed by atoms with E-state index in [1.54, 1.807) is 26.4 Å². The molecule has 0 unspecified atom stereocenters. The molecule has 6 nitrogen and oxygen atoms in total. The molecule has 2 amide bonds. The van der Waals surface area contributed by atoms with Crippen LogP contribution in [0.3, 0.4) is 0 Å². The van der Waals surface area contributed by atoms with Gasteiger partial charge in [-0.15, -0.1) is 0 Å². The lowest BCUT2D eigenvalue weighted by atomic mass is 10.1. The Morgan fingerprint density at radius 2 is 1.73 bits per heavy atom. The second-order valence-electron chi connectivity index (χ2n) is 5.47. The zero-order valence-electron chi connectivity index (χ0n) is 14.7. The maximum Gasteiger partial charge on any atom is 0.251 e. The minimum absolute atomic E-state index is 0.161. The van der Waals surface area contributed by atoms with Gasteiger partial charge in [-0.05, 0) is 54.4 Å². The van der Waals surface area contributed by atoms with Crippen molar-refractivity contribution >= 4 is 11.8 Å². The molecule has 138 valence electrons. The van der Waals surface area contributed by atoms with E-state index in [4.69, 9.17) is 9.47 Å². The monoisotopic (exact) mass is 360 g/mol. The summed E-state index contributed by atoms with van der Waals surface area (Å²) in [5, 5.41) is 5.22. The summed E-state index contributed by atoms with van der Waals surface area (Å²) in [5.41, 5.74) is 1.20. The van der Waals surface area contributed by atoms with Crippen LogP contribution in [0.2, 0.25) is 0 Å². The highest BCUT2D eigenvalue weighted by Gasteiger charge is 2.09. The van der Waals surface area contributed by atoms with Crippen LogP contribution in [-0.4, -0.2) is 39.1 Å². The molecule has 0 fully saturated rings. The molecule has 0 aliphatic heterocycles. The highest BCUT2D eigenvalue weighted by Crippen LogP contribution is 2.24. The number of rotatable bonds is 8. The van der Waals surface area contributed by atoms with E-state index < -0.39 is 11.7 Å². The number of hydrogen-bond acceptors (Lipinski definition) is 4. The van der Waals surface area contributed by atoms with Crippen molar-refractivity contribution < 1.29 is 23.5 Å². The van der Waals surface area contributed by atoms with E-state index in [0.717, 1.165) is 5.56 Å². The van der Waals surface area contributed by atoms with E-state index in [-0.39, 0.29) is 12.5 Å². The Bertz CT molecular complexity index is 763. The molecule has 26 heavy (non-hydrogen) atoms. The second-order valence-corrected chi connectivity index (χ2v) is 5.47. The average Bonchev–Trinajstić information content (AvgIpc) is 2.66. The topological polar surface area (TPSA) is 76.7 Å². The maximum absolute atomic E-state index is 12.8. The van der Waals surface area contributed by atoms with Gasteiger partial charge in [0.05, 0.1) is 20.8 Å². The second kappa shape index (κ2) is 9.41. The van der Waals surface area contributed by atoms with Crippen molar-refractivity contribution in [1.29, 1.82) is 0 Å². The van der Waals surface area contributed by atoms with Gasteiger partial charge in [0.15, 0.2) is 0 Å². The van der Waals surface area contributed by atoms with E-state index >= 15 is 0 Å². The molecule has 2 rings (SSSR count). The number of halogens is 1. The largest absolute Gasteiger partial charge is 0.497 e. The molecule has 0 saturated heterocycles. The summed E-state index contributed by atoms with van der Waals surface area (Å²) in [6.07, 6.45) is 0.554. The van der Waals surface area contributed by atoms with Crippen molar-refractivity contribution in [2.45, 2.75) is 6.42 Å². The molecule has 7 heteroatoms. The van der Waals surface area contributed by atoms with Gasteiger partial charge in [-0.25, -0.2) is 4.39 Å². The third-order valence-electron chi connectivity index (χ3n) is 3.72. The van der Waals surface area contributed by atoms with Gasteiger partial charge < -0.3 is 20.1 Å². The fourth-order valence-electron chi connectivity index (χ4n) is 2.34. The molecule has 0 bridgehead atoms. The number of methoxy groups -OCH3 is 2. The number of carbonyl (C=O) groups is 2. The number of hydrogen-bond donors (Lipinski definition) is 2. The Morgan fingerprint density at radius 1 is 1.00 bits per heavy atom. The summed E-state index contributed by atoms with van der Waals surface area (Å²) in [7, 11) is 3.16. The predicted octanol–water partition coefficient (Wildman–Crippen LogP) is 1.93. The Labute approximate surface area is 151 Å². The fraction of sp³-hybridized carbons (Fsp3) is 0.263. The smallest absolute Gasteiger partial charge is 0.251 e. The first kappa shape index (κ1) is 19.2. The van der Waals surface area contributed by atoms with E-state index in [2.05, 4.69) is 10.6 Å². The molecular formula is C19H21FN2O4. The quantitative estimate of drug-likeness (QED) is 0.754. The summed E-state index contributed by atoms with van der Waals surface area (Å²) in [6, 6.07) is 10.5. The molecule has 2 aromatic rings. The molecule has 0 aliphatic carbocycles. The van der Waals surface area contributed by atoms with Crippen molar-refractivity contribution in [3.05, 3.63) is 59.4 Å². The fourth-order valence-corrected chi connectivity index (χ4v) is 2.34. The number of amides is 2. The normalized spacial score (nSPS) is 10.1. The van der Waals surface area contributed by atoms with Crippen LogP contribution in [0.5, 0.6) is 11.5 Å². The van der Waals surface area contributed by atoms with Crippen LogP contribution in [0.25, 0.3) is 0 Å². The van der Waals surface area contributed by atoms with Gasteiger partial charge in [0, 0.05) is 12.1 Å². The molecule has 0 radical (unpaired) electrons. The van der Waals surface area contributed by atoms with Crippen LogP contribution < -0.4 is 20.1 Å². The molecule has 0 aromatic heterocycles. The Balaban J connectivity index is 1.78. The zero-order chi connectivity index (χ0) is 18.9. The maximum atomic E-state index is 12.8. The predicted molar refractivity (Wildman–Crippen MR) is 95.0 cm³/mol. The van der Waals surface area contributed by atoms with E-state index in [9.17, 15) is 14.0 Å². The van der Waals surface area contributed by atoms with Crippen molar-refractivity contribution in [2.24, 2.45) is 0 Å². The van der Waals surface area contributed by atoms with E-state index in [0.29, 0.717) is 30.0 Å². The van der Waals surface area contributed by atoms with Gasteiger partial charge >= 0.3 is 0 Å². The van der Waals surface area contributed by atoms with Crippen LogP contribution in [0.15, 0.2) is 42.5 Å². The highest BCUT2D eigenvalue weighted by atomic mass is 19.1. The number of ether oxygens (including phenoxy) is 2. The van der Waals surface area contributed by atoms with Crippen molar-refractivity contribution in [3.8, 4) is 11.5 Å². The lowest BCUT2D eigenvalue weighted by Gasteiger charge is -2.11. The molecule has 2 aromatic carbocycles. The third-order valence-corrected chi connectivity index (χ3v) is 3.72. The Hall–Kier alpha value is -3.09. The molecule has 0 spiro atoms. The van der Waals surface area contributed by atoms with Gasteiger partial charge in [0.25, 0.3) is 5.91 Å². The lowest BCUT2D eigenvalue weighted by Crippen LogP contribution is -2.37. The molecule has 0 heterocycles. The minimum atomic E-state index is -0.436. The number of benzene rings is 2. The summed E-state index contributed by atoms with van der Waals surface area (Å²) >= 11 is 0. The van der Waals surface area contributed by atoms with Crippen LogP contribution >= 0.6 is 0 Å². The molecule has 0 atom stereocenters. The Kier molecular flexibility index (Phi) is 6.96. The summed E-state index contributed by atoms with van der Waals surface area (Å²) in [5.74, 6) is 0.243. The number of carbonyl (C=O) groups excluding carboxylic acids is 2. The summed E-state index contributed by atoms with van der Waals surface area (Å²) < 4.78 is 23.3. The van der Waals surface area contributed by atoms with Gasteiger partial charge in [0.2, 0.25) is 5.91 Å². The summed E-state index contributed by atoms with van der Waals surface area (Å²) in [6.45, 7) is 0.222. The minimum Gasteiger partial charge on any atom is -0.497 e. The zero-order valence-corrected chi connectivity index (χ0v) is 14.7. The van der Waals surface area contributed by atoms with Crippen LogP contribution in [-0.2, 0) is 11.2 Å². The third kappa shape index (κ3) is 5.47. The van der Waals surface area contributed by atoms with Gasteiger partial charge in [0.1, 0.15) is 17.3 Å². The van der Waals surface area contributed by atoms with Crippen molar-refractivity contribution in [1.82, 2.24) is 10.6 Å². The van der Waals surface area contributed by atoms with Crippen LogP contribution in [0, 0.1) is 5.82 Å². The van der Waals surface area contributed by atoms with E-state index in [1.807, 2.05) is 6.07 Å². The average molecular weight is 360 g/mol. The highest BCUT2D eigenvalue weighted by molar-refractivity contribution is 5.96. The molecular weight excluding hydrogens is 339 g/mol. The van der Waals surface area contributed by atoms with Gasteiger partial charge in [-0.3, -0.25) is 9.59 Å². The van der Waals surface area contributed by atoms with Crippen LogP contribution in [0.1, 0.15) is 15.9 Å². The molecule has 2 N–H and O–H groups in total. The first-order valence-corrected chi connectivity index (χ1v) is 8.05. The van der Waals surface area contributed by atoms with E-state index in [1.165, 1.54) is 24.3 Å². The SMILES string of the molecule is COc1ccc(OC)c(CCNC(=O)CNC(=O)c2ccc(F)cc2)c1. The number of nitrogens with one attached hydrogen (secondary N) is 2.